The number of hydrogen-bond acceptors (Lipinski definition) is 6. The summed E-state index contributed by atoms with van der Waals surface area (Å²) in [5.74, 6) is -0.592. The number of benzene rings is 1. The van der Waals surface area contributed by atoms with E-state index in [2.05, 4.69) is 15.8 Å². The first-order valence-electron chi connectivity index (χ1n) is 8.73. The molecule has 8 heteroatoms. The number of anilines is 1. The maximum absolute atomic E-state index is 12.4. The zero-order chi connectivity index (χ0) is 18.9. The minimum Gasteiger partial charge on any atom is -0.380 e. The molecule has 0 aliphatic carbocycles. The lowest BCUT2D eigenvalue weighted by Crippen LogP contribution is -2.43. The zero-order valence-corrected chi connectivity index (χ0v) is 14.9. The van der Waals surface area contributed by atoms with Gasteiger partial charge >= 0.3 is 0 Å². The summed E-state index contributed by atoms with van der Waals surface area (Å²) >= 11 is 0. The standard InChI is InChI=1S/C19H22N4O4/c24-18(23-9-11-26-12-10-23)14-27-22-19(25)16-3-1-2-4-17(16)21-13-15-5-7-20-8-6-15/h1-8,21H,9-14H2,(H,22,25). The van der Waals surface area contributed by atoms with Gasteiger partial charge in [0.25, 0.3) is 11.8 Å². The lowest BCUT2D eigenvalue weighted by atomic mass is 10.1. The highest BCUT2D eigenvalue weighted by molar-refractivity contribution is 5.99. The van der Waals surface area contributed by atoms with Crippen molar-refractivity contribution < 1.29 is 19.2 Å². The number of rotatable bonds is 7. The van der Waals surface area contributed by atoms with Gasteiger partial charge in [0.1, 0.15) is 0 Å². The molecule has 2 N–H and O–H groups in total. The van der Waals surface area contributed by atoms with Crippen LogP contribution in [0.2, 0.25) is 0 Å². The number of hydrogen-bond donors (Lipinski definition) is 2. The number of ether oxygens (including phenoxy) is 1. The molecule has 1 saturated heterocycles. The maximum Gasteiger partial charge on any atom is 0.276 e. The van der Waals surface area contributed by atoms with Crippen molar-refractivity contribution in [1.82, 2.24) is 15.4 Å². The normalized spacial score (nSPS) is 13.9. The first-order valence-corrected chi connectivity index (χ1v) is 8.73. The highest BCUT2D eigenvalue weighted by atomic mass is 16.7. The van der Waals surface area contributed by atoms with E-state index in [1.54, 1.807) is 29.4 Å². The largest absolute Gasteiger partial charge is 0.380 e. The monoisotopic (exact) mass is 370 g/mol. The van der Waals surface area contributed by atoms with E-state index in [0.717, 1.165) is 5.56 Å². The van der Waals surface area contributed by atoms with Crippen molar-refractivity contribution in [3.8, 4) is 0 Å². The summed E-state index contributed by atoms with van der Waals surface area (Å²) < 4.78 is 5.20. The van der Waals surface area contributed by atoms with E-state index >= 15 is 0 Å². The molecule has 2 amide bonds. The van der Waals surface area contributed by atoms with Crippen LogP contribution in [0.3, 0.4) is 0 Å². The fourth-order valence-electron chi connectivity index (χ4n) is 2.66. The molecule has 142 valence electrons. The zero-order valence-electron chi connectivity index (χ0n) is 14.9. The number of aromatic nitrogens is 1. The Hall–Kier alpha value is -2.97. The van der Waals surface area contributed by atoms with E-state index in [0.29, 0.717) is 44.1 Å². The van der Waals surface area contributed by atoms with Crippen molar-refractivity contribution in [1.29, 1.82) is 0 Å². The van der Waals surface area contributed by atoms with Crippen LogP contribution in [0.5, 0.6) is 0 Å². The Balaban J connectivity index is 1.51. The summed E-state index contributed by atoms with van der Waals surface area (Å²) in [7, 11) is 0. The summed E-state index contributed by atoms with van der Waals surface area (Å²) in [5, 5.41) is 3.23. The number of para-hydroxylation sites is 1. The second-order valence-corrected chi connectivity index (χ2v) is 5.97. The number of carbonyl (C=O) groups excluding carboxylic acids is 2. The summed E-state index contributed by atoms with van der Waals surface area (Å²) in [5.41, 5.74) is 4.50. The van der Waals surface area contributed by atoms with Crippen LogP contribution in [0.4, 0.5) is 5.69 Å². The van der Waals surface area contributed by atoms with Gasteiger partial charge in [-0.3, -0.25) is 19.4 Å². The third-order valence-electron chi connectivity index (χ3n) is 4.13. The minimum atomic E-state index is -0.414. The molecular formula is C19H22N4O4. The maximum atomic E-state index is 12.4. The molecule has 8 nitrogen and oxygen atoms in total. The topological polar surface area (TPSA) is 92.8 Å². The molecule has 1 aromatic heterocycles. The van der Waals surface area contributed by atoms with Crippen LogP contribution in [0.1, 0.15) is 15.9 Å². The quantitative estimate of drug-likeness (QED) is 0.712. The Labute approximate surface area is 157 Å². The second-order valence-electron chi connectivity index (χ2n) is 5.97. The average Bonchev–Trinajstić information content (AvgIpc) is 2.73. The molecule has 0 unspecified atom stereocenters. The number of amides is 2. The van der Waals surface area contributed by atoms with Gasteiger partial charge in [0.15, 0.2) is 6.61 Å². The Bertz CT molecular complexity index is 763. The number of nitrogens with zero attached hydrogens (tertiary/aromatic N) is 2. The van der Waals surface area contributed by atoms with Crippen molar-refractivity contribution in [3.05, 3.63) is 59.9 Å². The minimum absolute atomic E-state index is 0.178. The fourth-order valence-corrected chi connectivity index (χ4v) is 2.66. The number of carbonyl (C=O) groups is 2. The first kappa shape index (κ1) is 18.8. The first-order chi connectivity index (χ1) is 13.2. The van der Waals surface area contributed by atoms with Crippen LogP contribution >= 0.6 is 0 Å². The number of hydroxylamine groups is 1. The number of pyridine rings is 1. The van der Waals surface area contributed by atoms with Gasteiger partial charge in [0.05, 0.1) is 18.8 Å². The molecule has 0 radical (unpaired) electrons. The molecule has 3 rings (SSSR count). The summed E-state index contributed by atoms with van der Waals surface area (Å²) in [6, 6.07) is 10.9. The third kappa shape index (κ3) is 5.50. The number of nitrogens with one attached hydrogen (secondary N) is 2. The van der Waals surface area contributed by atoms with Crippen LogP contribution in [-0.4, -0.2) is 54.6 Å². The molecule has 27 heavy (non-hydrogen) atoms. The van der Waals surface area contributed by atoms with Crippen molar-refractivity contribution >= 4 is 17.5 Å². The van der Waals surface area contributed by atoms with Gasteiger partial charge in [-0.05, 0) is 29.8 Å². The SMILES string of the molecule is O=C(NOCC(=O)N1CCOCC1)c1ccccc1NCc1ccncc1. The smallest absolute Gasteiger partial charge is 0.276 e. The van der Waals surface area contributed by atoms with Gasteiger partial charge in [-0.1, -0.05) is 12.1 Å². The average molecular weight is 370 g/mol. The molecule has 0 atom stereocenters. The molecule has 1 fully saturated rings. The molecule has 1 aliphatic rings. The molecule has 1 aromatic carbocycles. The molecular weight excluding hydrogens is 348 g/mol. The Morgan fingerprint density at radius 3 is 2.63 bits per heavy atom. The van der Waals surface area contributed by atoms with Gasteiger partial charge < -0.3 is 15.0 Å². The van der Waals surface area contributed by atoms with E-state index in [-0.39, 0.29) is 12.5 Å². The van der Waals surface area contributed by atoms with E-state index in [1.807, 2.05) is 24.3 Å². The van der Waals surface area contributed by atoms with Crippen LogP contribution in [0, 0.1) is 0 Å². The van der Waals surface area contributed by atoms with Gasteiger partial charge in [-0.15, -0.1) is 0 Å². The van der Waals surface area contributed by atoms with Crippen LogP contribution in [0.15, 0.2) is 48.8 Å². The van der Waals surface area contributed by atoms with Gasteiger partial charge in [-0.25, -0.2) is 5.48 Å². The van der Waals surface area contributed by atoms with E-state index in [4.69, 9.17) is 9.57 Å². The number of morpholine rings is 1. The Morgan fingerprint density at radius 1 is 1.11 bits per heavy atom. The molecule has 2 aromatic rings. The summed E-state index contributed by atoms with van der Waals surface area (Å²) in [6.07, 6.45) is 3.43. The van der Waals surface area contributed by atoms with Crippen LogP contribution < -0.4 is 10.8 Å². The molecule has 0 spiro atoms. The van der Waals surface area contributed by atoms with E-state index in [1.165, 1.54) is 0 Å². The highest BCUT2D eigenvalue weighted by Crippen LogP contribution is 2.16. The fraction of sp³-hybridized carbons (Fsp3) is 0.316. The van der Waals surface area contributed by atoms with Crippen molar-refractivity contribution in [3.63, 3.8) is 0 Å². The summed E-state index contributed by atoms with van der Waals surface area (Å²) in [6.45, 7) is 2.47. The van der Waals surface area contributed by atoms with E-state index in [9.17, 15) is 9.59 Å². The highest BCUT2D eigenvalue weighted by Gasteiger charge is 2.18. The predicted octanol–water partition coefficient (Wildman–Crippen LogP) is 1.21. The second kappa shape index (κ2) is 9.65. The van der Waals surface area contributed by atoms with Crippen LogP contribution in [0.25, 0.3) is 0 Å². The van der Waals surface area contributed by atoms with Gasteiger partial charge in [-0.2, -0.15) is 0 Å². The van der Waals surface area contributed by atoms with Crippen LogP contribution in [-0.2, 0) is 20.9 Å². The summed E-state index contributed by atoms with van der Waals surface area (Å²) in [4.78, 5) is 35.2. The van der Waals surface area contributed by atoms with Crippen molar-refractivity contribution in [2.24, 2.45) is 0 Å². The van der Waals surface area contributed by atoms with Gasteiger partial charge in [0, 0.05) is 37.7 Å². The molecule has 0 saturated carbocycles. The van der Waals surface area contributed by atoms with E-state index < -0.39 is 5.91 Å². The lowest BCUT2D eigenvalue weighted by Gasteiger charge is -2.26. The lowest BCUT2D eigenvalue weighted by molar-refractivity contribution is -0.142. The predicted molar refractivity (Wildman–Crippen MR) is 98.8 cm³/mol. The molecule has 2 heterocycles. The van der Waals surface area contributed by atoms with Crippen molar-refractivity contribution in [2.75, 3.05) is 38.2 Å². The van der Waals surface area contributed by atoms with Crippen molar-refractivity contribution in [2.45, 2.75) is 6.54 Å². The Morgan fingerprint density at radius 2 is 1.85 bits per heavy atom. The molecule has 1 aliphatic heterocycles. The van der Waals surface area contributed by atoms with Gasteiger partial charge in [0.2, 0.25) is 0 Å². The molecule has 0 bridgehead atoms. The Kier molecular flexibility index (Phi) is 6.72. The third-order valence-corrected chi connectivity index (χ3v) is 4.13.